The Morgan fingerprint density at radius 1 is 0.735 bits per heavy atom. The number of amides is 3. The van der Waals surface area contributed by atoms with E-state index in [0.29, 0.717) is 12.0 Å². The van der Waals surface area contributed by atoms with Gasteiger partial charge in [-0.2, -0.15) is 0 Å². The van der Waals surface area contributed by atoms with E-state index in [1.165, 1.54) is 12.1 Å². The number of aromatic nitrogens is 1. The highest BCUT2D eigenvalue weighted by atomic mass is 16.4. The van der Waals surface area contributed by atoms with Crippen LogP contribution in [0.3, 0.4) is 0 Å². The van der Waals surface area contributed by atoms with Crippen LogP contribution in [0, 0.1) is 0 Å². The Bertz CT molecular complexity index is 1630. The molecule has 4 unspecified atom stereocenters. The Balaban J connectivity index is 1.79. The summed E-state index contributed by atoms with van der Waals surface area (Å²) in [7, 11) is 0. The predicted molar refractivity (Wildman–Crippen MR) is 185 cm³/mol. The molecule has 0 fully saturated rings. The summed E-state index contributed by atoms with van der Waals surface area (Å²) in [5.41, 5.74) is 30.1. The summed E-state index contributed by atoms with van der Waals surface area (Å²) in [5.74, 6) is -3.67. The minimum absolute atomic E-state index is 0.00645. The molecule has 17 heteroatoms. The van der Waals surface area contributed by atoms with Crippen LogP contribution in [0.5, 0.6) is 5.75 Å². The minimum Gasteiger partial charge on any atom is -0.508 e. The van der Waals surface area contributed by atoms with Crippen LogP contribution in [0.15, 0.2) is 64.7 Å². The van der Waals surface area contributed by atoms with Crippen LogP contribution in [-0.4, -0.2) is 88.1 Å². The molecule has 0 aliphatic rings. The number of rotatable bonds is 19. The van der Waals surface area contributed by atoms with Crippen LogP contribution < -0.4 is 44.6 Å². The number of benzene rings is 2. The van der Waals surface area contributed by atoms with Crippen molar-refractivity contribution >= 4 is 46.5 Å². The molecule has 1 aromatic heterocycles. The molecule has 0 saturated carbocycles. The number of carbonyl (C=O) groups is 4. The van der Waals surface area contributed by atoms with Gasteiger partial charge in [-0.1, -0.05) is 30.3 Å². The van der Waals surface area contributed by atoms with Crippen molar-refractivity contribution in [3.8, 4) is 5.75 Å². The van der Waals surface area contributed by atoms with Crippen LogP contribution in [0.1, 0.15) is 36.8 Å². The molecule has 0 aliphatic heterocycles. The molecule has 0 radical (unpaired) electrons. The molecule has 0 spiro atoms. The third kappa shape index (κ3) is 12.4. The predicted octanol–water partition coefficient (Wildman–Crippen LogP) is -1.37. The molecule has 4 atom stereocenters. The SMILES string of the molecule is NC(N)=NCCCC(NC(=O)C(Cc1ccc(O)cc1)NC(=O)C(CCCN=C(N)N)NC(=O)C(N)Cc1c[nH]c2ccccc12)C(=O)O. The summed E-state index contributed by atoms with van der Waals surface area (Å²) in [5, 5.41) is 28.2. The van der Waals surface area contributed by atoms with E-state index in [-0.39, 0.29) is 62.9 Å². The number of hydrogen-bond acceptors (Lipinski definition) is 8. The molecule has 2 aromatic carbocycles. The second-order valence-electron chi connectivity index (χ2n) is 11.5. The molecule has 264 valence electrons. The van der Waals surface area contributed by atoms with E-state index in [0.717, 1.165) is 16.5 Å². The number of carboxylic acid groups (broad SMARTS) is 1. The maximum Gasteiger partial charge on any atom is 0.326 e. The third-order valence-electron chi connectivity index (χ3n) is 7.60. The Hall–Kier alpha value is -5.84. The molecule has 3 aromatic rings. The van der Waals surface area contributed by atoms with E-state index in [4.69, 9.17) is 28.7 Å². The van der Waals surface area contributed by atoms with Gasteiger partial charge >= 0.3 is 5.97 Å². The number of nitrogens with one attached hydrogen (secondary N) is 4. The molecule has 3 rings (SSSR count). The van der Waals surface area contributed by atoms with E-state index < -0.39 is 47.9 Å². The lowest BCUT2D eigenvalue weighted by atomic mass is 10.0. The summed E-state index contributed by atoms with van der Waals surface area (Å²) < 4.78 is 0. The van der Waals surface area contributed by atoms with Gasteiger partial charge in [0, 0.05) is 36.6 Å². The molecule has 17 nitrogen and oxygen atoms in total. The second-order valence-corrected chi connectivity index (χ2v) is 11.5. The minimum atomic E-state index is -1.31. The number of guanidine groups is 2. The molecule has 0 aliphatic carbocycles. The maximum atomic E-state index is 13.7. The van der Waals surface area contributed by atoms with E-state index >= 15 is 0 Å². The van der Waals surface area contributed by atoms with Crippen LogP contribution >= 0.6 is 0 Å². The van der Waals surface area contributed by atoms with Gasteiger partial charge in [0.1, 0.15) is 23.9 Å². The number of nitrogens with two attached hydrogens (primary N) is 5. The number of phenolic OH excluding ortho intramolecular Hbond substituents is 1. The van der Waals surface area contributed by atoms with Crippen molar-refractivity contribution in [1.29, 1.82) is 0 Å². The van der Waals surface area contributed by atoms with Gasteiger partial charge in [0.25, 0.3) is 0 Å². The highest BCUT2D eigenvalue weighted by Gasteiger charge is 2.30. The number of aliphatic imine (C=N–C) groups is 2. The number of phenols is 1. The molecule has 49 heavy (non-hydrogen) atoms. The molecule has 3 amide bonds. The highest BCUT2D eigenvalue weighted by molar-refractivity contribution is 5.94. The molecule has 16 N–H and O–H groups in total. The lowest BCUT2D eigenvalue weighted by molar-refractivity contribution is -0.142. The molecular weight excluding hydrogens is 634 g/mol. The van der Waals surface area contributed by atoms with Crippen LogP contribution in [0.25, 0.3) is 10.9 Å². The average Bonchev–Trinajstić information content (AvgIpc) is 3.46. The van der Waals surface area contributed by atoms with Crippen molar-refractivity contribution in [1.82, 2.24) is 20.9 Å². The van der Waals surface area contributed by atoms with Crippen LogP contribution in [-0.2, 0) is 32.0 Å². The number of para-hydroxylation sites is 1. The van der Waals surface area contributed by atoms with Crippen LogP contribution in [0.4, 0.5) is 0 Å². The summed E-state index contributed by atoms with van der Waals surface area (Å²) >= 11 is 0. The average molecular weight is 680 g/mol. The van der Waals surface area contributed by atoms with Crippen LogP contribution in [0.2, 0.25) is 0 Å². The number of fused-ring (bicyclic) bond motifs is 1. The van der Waals surface area contributed by atoms with Gasteiger partial charge in [-0.05, 0) is 61.4 Å². The third-order valence-corrected chi connectivity index (χ3v) is 7.60. The van der Waals surface area contributed by atoms with Crippen molar-refractivity contribution in [2.45, 2.75) is 62.7 Å². The number of aliphatic carboxylic acids is 1. The molecule has 1 heterocycles. The molecule has 0 saturated heterocycles. The fourth-order valence-corrected chi connectivity index (χ4v) is 5.06. The summed E-state index contributed by atoms with van der Waals surface area (Å²) in [6.07, 6.45) is 2.54. The number of aromatic amines is 1. The summed E-state index contributed by atoms with van der Waals surface area (Å²) in [6.45, 7) is 0.320. The number of hydrogen-bond donors (Lipinski definition) is 11. The number of carbonyl (C=O) groups excluding carboxylic acids is 3. The van der Waals surface area contributed by atoms with Crippen molar-refractivity contribution in [2.75, 3.05) is 13.1 Å². The maximum absolute atomic E-state index is 13.7. The topological polar surface area (TPSA) is 315 Å². The van der Waals surface area contributed by atoms with Gasteiger partial charge in [0.05, 0.1) is 6.04 Å². The zero-order chi connectivity index (χ0) is 35.9. The Morgan fingerprint density at radius 3 is 1.90 bits per heavy atom. The molecule has 0 bridgehead atoms. The second kappa shape index (κ2) is 18.5. The lowest BCUT2D eigenvalue weighted by Crippen LogP contribution is -2.57. The first kappa shape index (κ1) is 37.6. The monoisotopic (exact) mass is 679 g/mol. The normalized spacial score (nSPS) is 13.3. The number of H-pyrrole nitrogens is 1. The lowest BCUT2D eigenvalue weighted by Gasteiger charge is -2.25. The largest absolute Gasteiger partial charge is 0.508 e. The van der Waals surface area contributed by atoms with E-state index in [2.05, 4.69) is 30.9 Å². The van der Waals surface area contributed by atoms with Crippen molar-refractivity contribution < 1.29 is 29.4 Å². The van der Waals surface area contributed by atoms with Gasteiger partial charge in [0.15, 0.2) is 11.9 Å². The Morgan fingerprint density at radius 2 is 1.29 bits per heavy atom. The summed E-state index contributed by atoms with van der Waals surface area (Å²) in [6, 6.07) is 8.77. The van der Waals surface area contributed by atoms with Crippen molar-refractivity contribution in [3.05, 3.63) is 65.9 Å². The Labute approximate surface area is 282 Å². The van der Waals surface area contributed by atoms with Gasteiger partial charge in [-0.25, -0.2) is 4.79 Å². The zero-order valence-electron chi connectivity index (χ0n) is 27.0. The fraction of sp³-hybridized carbons (Fsp3) is 0.375. The standard InChI is InChI=1S/C32H45N11O6/c33-22(16-19-17-40-23-6-2-1-5-21(19)23)27(45)41-24(7-3-13-38-31(34)35)28(46)43-26(15-18-9-11-20(44)12-10-18)29(47)42-25(30(48)49)8-4-14-39-32(36)37/h1-2,5-6,9-12,17,22,24-26,40,44H,3-4,7-8,13-16,33H2,(H,41,45)(H,42,47)(H,43,46)(H,48,49)(H4,34,35,38)(H4,36,37,39). The highest BCUT2D eigenvalue weighted by Crippen LogP contribution is 2.19. The van der Waals surface area contributed by atoms with E-state index in [1.54, 1.807) is 18.3 Å². The first-order valence-electron chi connectivity index (χ1n) is 15.7. The van der Waals surface area contributed by atoms with E-state index in [1.807, 2.05) is 24.3 Å². The van der Waals surface area contributed by atoms with Gasteiger partial charge in [-0.15, -0.1) is 0 Å². The Kier molecular flexibility index (Phi) is 14.2. The quantitative estimate of drug-likeness (QED) is 0.0399. The summed E-state index contributed by atoms with van der Waals surface area (Å²) in [4.78, 5) is 63.4. The first-order chi connectivity index (χ1) is 23.3. The van der Waals surface area contributed by atoms with Crippen molar-refractivity contribution in [2.24, 2.45) is 38.7 Å². The number of nitrogens with zero attached hydrogens (tertiary/aromatic N) is 2. The molecular formula is C32H45N11O6. The number of carboxylic acids is 1. The zero-order valence-corrected chi connectivity index (χ0v) is 27.0. The van der Waals surface area contributed by atoms with Gasteiger partial charge in [0.2, 0.25) is 17.7 Å². The van der Waals surface area contributed by atoms with Gasteiger partial charge < -0.3 is 59.8 Å². The van der Waals surface area contributed by atoms with Crippen molar-refractivity contribution in [3.63, 3.8) is 0 Å². The fourth-order valence-electron chi connectivity index (χ4n) is 5.06. The van der Waals surface area contributed by atoms with E-state index in [9.17, 15) is 29.4 Å². The smallest absolute Gasteiger partial charge is 0.326 e. The van der Waals surface area contributed by atoms with Gasteiger partial charge in [-0.3, -0.25) is 24.4 Å². The first-order valence-corrected chi connectivity index (χ1v) is 15.7. The number of aromatic hydroxyl groups is 1.